The number of anilines is 1. The fourth-order valence-electron chi connectivity index (χ4n) is 3.60. The molecule has 3 rings (SSSR count). The normalized spacial score (nSPS) is 16.3. The molecule has 0 amide bonds. The van der Waals surface area contributed by atoms with Gasteiger partial charge >= 0.3 is 0 Å². The van der Waals surface area contributed by atoms with Crippen LogP contribution in [0.3, 0.4) is 0 Å². The van der Waals surface area contributed by atoms with Crippen LogP contribution in [-0.2, 0) is 10.2 Å². The van der Waals surface area contributed by atoms with Gasteiger partial charge < -0.3 is 24.8 Å². The molecule has 0 aliphatic carbocycles. The zero-order valence-electron chi connectivity index (χ0n) is 16.8. The standard InChI is InChI=1S/C22H29N3O3/c1-23-21(25-18-9-10-19(26-2)20(15-18)27-3)24-16-22(11-13-28-14-12-22)17-7-5-4-6-8-17/h4-10,15H,11-14,16H2,1-3H3,(H2,23,24,25). The van der Waals surface area contributed by atoms with E-state index < -0.39 is 0 Å². The van der Waals surface area contributed by atoms with Crippen molar-refractivity contribution in [2.24, 2.45) is 4.99 Å². The number of guanidine groups is 1. The van der Waals surface area contributed by atoms with Gasteiger partial charge in [0, 0.05) is 44.0 Å². The molecule has 2 N–H and O–H groups in total. The highest BCUT2D eigenvalue weighted by Crippen LogP contribution is 2.34. The summed E-state index contributed by atoms with van der Waals surface area (Å²) in [7, 11) is 5.03. The molecule has 6 nitrogen and oxygen atoms in total. The first kappa shape index (κ1) is 20.0. The number of nitrogens with one attached hydrogen (secondary N) is 2. The van der Waals surface area contributed by atoms with E-state index >= 15 is 0 Å². The summed E-state index contributed by atoms with van der Waals surface area (Å²) in [5, 5.41) is 6.84. The molecule has 28 heavy (non-hydrogen) atoms. The minimum Gasteiger partial charge on any atom is -0.493 e. The van der Waals surface area contributed by atoms with Crippen molar-refractivity contribution in [2.45, 2.75) is 18.3 Å². The van der Waals surface area contributed by atoms with Gasteiger partial charge in [-0.3, -0.25) is 4.99 Å². The number of aliphatic imine (C=N–C) groups is 1. The van der Waals surface area contributed by atoms with Crippen LogP contribution >= 0.6 is 0 Å². The Morgan fingerprint density at radius 2 is 1.75 bits per heavy atom. The molecule has 0 atom stereocenters. The summed E-state index contributed by atoms with van der Waals surface area (Å²) >= 11 is 0. The number of rotatable bonds is 6. The number of nitrogens with zero attached hydrogens (tertiary/aromatic N) is 1. The Balaban J connectivity index is 1.72. The Labute approximate surface area is 166 Å². The minimum absolute atomic E-state index is 0.0364. The van der Waals surface area contributed by atoms with Gasteiger partial charge in [0.2, 0.25) is 0 Å². The van der Waals surface area contributed by atoms with Crippen LogP contribution in [-0.4, -0.2) is 47.0 Å². The van der Waals surface area contributed by atoms with Crippen molar-refractivity contribution in [3.8, 4) is 11.5 Å². The lowest BCUT2D eigenvalue weighted by Gasteiger charge is -2.38. The third-order valence-electron chi connectivity index (χ3n) is 5.30. The largest absolute Gasteiger partial charge is 0.493 e. The van der Waals surface area contributed by atoms with Gasteiger partial charge in [0.1, 0.15) is 0 Å². The molecular weight excluding hydrogens is 354 g/mol. The molecule has 2 aromatic rings. The molecule has 1 aliphatic rings. The lowest BCUT2D eigenvalue weighted by Crippen LogP contribution is -2.46. The number of benzene rings is 2. The smallest absolute Gasteiger partial charge is 0.195 e. The molecule has 1 aliphatic heterocycles. The number of methoxy groups -OCH3 is 2. The van der Waals surface area contributed by atoms with Gasteiger partial charge in [-0.2, -0.15) is 0 Å². The predicted octanol–water partition coefficient (Wildman–Crippen LogP) is 3.44. The van der Waals surface area contributed by atoms with E-state index in [1.807, 2.05) is 18.2 Å². The molecular formula is C22H29N3O3. The third-order valence-corrected chi connectivity index (χ3v) is 5.30. The second-order valence-corrected chi connectivity index (χ2v) is 6.88. The second kappa shape index (κ2) is 9.46. The molecule has 0 radical (unpaired) electrons. The van der Waals surface area contributed by atoms with Crippen LogP contribution in [0, 0.1) is 0 Å². The maximum Gasteiger partial charge on any atom is 0.195 e. The lowest BCUT2D eigenvalue weighted by molar-refractivity contribution is 0.0514. The lowest BCUT2D eigenvalue weighted by atomic mass is 9.74. The van der Waals surface area contributed by atoms with E-state index in [0.29, 0.717) is 17.5 Å². The van der Waals surface area contributed by atoms with Gasteiger partial charge in [-0.15, -0.1) is 0 Å². The zero-order chi connectivity index (χ0) is 19.8. The van der Waals surface area contributed by atoms with Gasteiger partial charge in [-0.05, 0) is 30.5 Å². The van der Waals surface area contributed by atoms with Crippen LogP contribution in [0.2, 0.25) is 0 Å². The summed E-state index contributed by atoms with van der Waals surface area (Å²) in [6, 6.07) is 16.4. The van der Waals surface area contributed by atoms with Crippen LogP contribution < -0.4 is 20.1 Å². The summed E-state index contributed by atoms with van der Waals surface area (Å²) in [5.74, 6) is 2.09. The first-order valence-corrected chi connectivity index (χ1v) is 9.54. The SMILES string of the molecule is CN=C(NCC1(c2ccccc2)CCOCC1)Nc1ccc(OC)c(OC)c1. The predicted molar refractivity (Wildman–Crippen MR) is 113 cm³/mol. The first-order chi connectivity index (χ1) is 13.7. The molecule has 0 saturated carbocycles. The van der Waals surface area contributed by atoms with E-state index in [4.69, 9.17) is 14.2 Å². The van der Waals surface area contributed by atoms with Crippen LogP contribution in [0.15, 0.2) is 53.5 Å². The van der Waals surface area contributed by atoms with Crippen molar-refractivity contribution in [2.75, 3.05) is 46.3 Å². The highest BCUT2D eigenvalue weighted by Gasteiger charge is 2.34. The van der Waals surface area contributed by atoms with Gasteiger partial charge in [-0.25, -0.2) is 0 Å². The topological polar surface area (TPSA) is 64.1 Å². The van der Waals surface area contributed by atoms with E-state index in [-0.39, 0.29) is 5.41 Å². The van der Waals surface area contributed by atoms with E-state index in [1.54, 1.807) is 21.3 Å². The Hall–Kier alpha value is -2.73. The van der Waals surface area contributed by atoms with E-state index in [2.05, 4.69) is 46.0 Å². The van der Waals surface area contributed by atoms with Gasteiger partial charge in [0.05, 0.1) is 14.2 Å². The van der Waals surface area contributed by atoms with Crippen molar-refractivity contribution in [3.63, 3.8) is 0 Å². The fourth-order valence-corrected chi connectivity index (χ4v) is 3.60. The number of ether oxygens (including phenoxy) is 3. The summed E-state index contributed by atoms with van der Waals surface area (Å²) in [4.78, 5) is 4.38. The zero-order valence-corrected chi connectivity index (χ0v) is 16.8. The summed E-state index contributed by atoms with van der Waals surface area (Å²) in [6.45, 7) is 2.34. The Morgan fingerprint density at radius 3 is 2.39 bits per heavy atom. The Bertz CT molecular complexity index is 787. The summed E-state index contributed by atoms with van der Waals surface area (Å²) in [5.41, 5.74) is 2.26. The van der Waals surface area contributed by atoms with Gasteiger partial charge in [0.15, 0.2) is 17.5 Å². The summed E-state index contributed by atoms with van der Waals surface area (Å²) in [6.07, 6.45) is 1.97. The van der Waals surface area contributed by atoms with Gasteiger partial charge in [0.25, 0.3) is 0 Å². The number of hydrogen-bond donors (Lipinski definition) is 2. The molecule has 0 unspecified atom stereocenters. The molecule has 1 fully saturated rings. The Kier molecular flexibility index (Phi) is 6.76. The highest BCUT2D eigenvalue weighted by molar-refractivity contribution is 5.93. The molecule has 2 aromatic carbocycles. The van der Waals surface area contributed by atoms with Crippen LogP contribution in [0.25, 0.3) is 0 Å². The van der Waals surface area contributed by atoms with E-state index in [1.165, 1.54) is 5.56 Å². The molecule has 6 heteroatoms. The van der Waals surface area contributed by atoms with Crippen LogP contribution in [0.1, 0.15) is 18.4 Å². The minimum atomic E-state index is 0.0364. The quantitative estimate of drug-likeness (QED) is 0.591. The molecule has 1 saturated heterocycles. The highest BCUT2D eigenvalue weighted by atomic mass is 16.5. The molecule has 0 spiro atoms. The molecule has 0 bridgehead atoms. The monoisotopic (exact) mass is 383 g/mol. The maximum absolute atomic E-state index is 5.62. The van der Waals surface area contributed by atoms with Crippen molar-refractivity contribution in [3.05, 3.63) is 54.1 Å². The first-order valence-electron chi connectivity index (χ1n) is 9.54. The summed E-state index contributed by atoms with van der Waals surface area (Å²) < 4.78 is 16.3. The van der Waals surface area contributed by atoms with Crippen LogP contribution in [0.5, 0.6) is 11.5 Å². The average Bonchev–Trinajstić information content (AvgIpc) is 2.77. The average molecular weight is 383 g/mol. The third kappa shape index (κ3) is 4.57. The molecule has 0 aromatic heterocycles. The van der Waals surface area contributed by atoms with E-state index in [0.717, 1.165) is 38.3 Å². The van der Waals surface area contributed by atoms with Crippen LogP contribution in [0.4, 0.5) is 5.69 Å². The maximum atomic E-state index is 5.62. The molecule has 1 heterocycles. The van der Waals surface area contributed by atoms with Gasteiger partial charge in [-0.1, -0.05) is 30.3 Å². The van der Waals surface area contributed by atoms with Crippen molar-refractivity contribution in [1.29, 1.82) is 0 Å². The number of hydrogen-bond acceptors (Lipinski definition) is 4. The second-order valence-electron chi connectivity index (χ2n) is 6.88. The fraction of sp³-hybridized carbons (Fsp3) is 0.409. The van der Waals surface area contributed by atoms with Crippen molar-refractivity contribution >= 4 is 11.6 Å². The Morgan fingerprint density at radius 1 is 1.04 bits per heavy atom. The van der Waals surface area contributed by atoms with Crippen molar-refractivity contribution < 1.29 is 14.2 Å². The van der Waals surface area contributed by atoms with Crippen molar-refractivity contribution in [1.82, 2.24) is 5.32 Å². The van der Waals surface area contributed by atoms with E-state index in [9.17, 15) is 0 Å². The molecule has 150 valence electrons.